The summed E-state index contributed by atoms with van der Waals surface area (Å²) in [5.41, 5.74) is 0.600. The normalized spacial score (nSPS) is 9.90. The van der Waals surface area contributed by atoms with E-state index in [1.807, 2.05) is 12.1 Å². The molecule has 1 amide bonds. The topological polar surface area (TPSA) is 47.6 Å². The van der Waals surface area contributed by atoms with Gasteiger partial charge < -0.3 is 14.8 Å². The molecule has 0 atom stereocenters. The van der Waals surface area contributed by atoms with Crippen molar-refractivity contribution in [2.45, 2.75) is 0 Å². The van der Waals surface area contributed by atoms with Crippen LogP contribution in [0.4, 0.5) is 5.69 Å². The van der Waals surface area contributed by atoms with Crippen LogP contribution < -0.4 is 14.8 Å². The predicted octanol–water partition coefficient (Wildman–Crippen LogP) is 3.37. The van der Waals surface area contributed by atoms with E-state index in [0.29, 0.717) is 22.2 Å². The first-order valence-electron chi connectivity index (χ1n) is 6.01. The third-order valence-electron chi connectivity index (χ3n) is 2.58. The van der Waals surface area contributed by atoms with Crippen LogP contribution in [0.25, 0.3) is 0 Å². The Hall–Kier alpha value is -2.20. The van der Waals surface area contributed by atoms with Gasteiger partial charge >= 0.3 is 0 Å². The third kappa shape index (κ3) is 3.65. The number of rotatable bonds is 5. The van der Waals surface area contributed by atoms with Crippen molar-refractivity contribution >= 4 is 23.2 Å². The van der Waals surface area contributed by atoms with Gasteiger partial charge in [0, 0.05) is 0 Å². The zero-order valence-corrected chi connectivity index (χ0v) is 11.7. The van der Waals surface area contributed by atoms with Crippen LogP contribution in [-0.4, -0.2) is 19.6 Å². The Balaban J connectivity index is 1.95. The van der Waals surface area contributed by atoms with E-state index in [9.17, 15) is 4.79 Å². The molecule has 4 nitrogen and oxygen atoms in total. The van der Waals surface area contributed by atoms with Crippen LogP contribution in [0.15, 0.2) is 48.5 Å². The Morgan fingerprint density at radius 3 is 2.45 bits per heavy atom. The molecule has 0 aliphatic rings. The molecule has 0 bridgehead atoms. The average Bonchev–Trinajstić information content (AvgIpc) is 2.47. The van der Waals surface area contributed by atoms with Crippen molar-refractivity contribution < 1.29 is 14.3 Å². The van der Waals surface area contributed by atoms with Crippen molar-refractivity contribution in [3.8, 4) is 11.5 Å². The van der Waals surface area contributed by atoms with Crippen LogP contribution in [0.2, 0.25) is 5.02 Å². The highest BCUT2D eigenvalue weighted by Gasteiger charge is 2.08. The lowest BCUT2D eigenvalue weighted by Crippen LogP contribution is -2.20. The average molecular weight is 292 g/mol. The van der Waals surface area contributed by atoms with Gasteiger partial charge in [0.1, 0.15) is 11.5 Å². The fourth-order valence-electron chi connectivity index (χ4n) is 1.64. The van der Waals surface area contributed by atoms with Crippen molar-refractivity contribution in [2.24, 2.45) is 0 Å². The maximum atomic E-state index is 11.8. The maximum Gasteiger partial charge on any atom is 0.262 e. The number of para-hydroxylation sites is 3. The molecule has 0 heterocycles. The summed E-state index contributed by atoms with van der Waals surface area (Å²) in [5.74, 6) is 0.789. The molecule has 0 aliphatic carbocycles. The van der Waals surface area contributed by atoms with Gasteiger partial charge in [-0.2, -0.15) is 0 Å². The molecule has 104 valence electrons. The largest absolute Gasteiger partial charge is 0.495 e. The third-order valence-corrected chi connectivity index (χ3v) is 2.89. The second kappa shape index (κ2) is 6.82. The number of benzene rings is 2. The molecular weight excluding hydrogens is 278 g/mol. The maximum absolute atomic E-state index is 11.8. The van der Waals surface area contributed by atoms with Gasteiger partial charge in [0.25, 0.3) is 5.91 Å². The lowest BCUT2D eigenvalue weighted by atomic mass is 10.3. The molecule has 0 radical (unpaired) electrons. The van der Waals surface area contributed by atoms with E-state index in [2.05, 4.69) is 5.32 Å². The van der Waals surface area contributed by atoms with Gasteiger partial charge in [-0.3, -0.25) is 4.79 Å². The number of carbonyl (C=O) groups is 1. The molecule has 0 aliphatic heterocycles. The number of halogens is 1. The second-order valence-electron chi connectivity index (χ2n) is 3.97. The lowest BCUT2D eigenvalue weighted by molar-refractivity contribution is -0.118. The van der Waals surface area contributed by atoms with Gasteiger partial charge in [0.05, 0.1) is 17.8 Å². The van der Waals surface area contributed by atoms with Gasteiger partial charge in [0.2, 0.25) is 0 Å². The van der Waals surface area contributed by atoms with Crippen LogP contribution in [-0.2, 0) is 4.79 Å². The molecular formula is C15H14ClNO3. The van der Waals surface area contributed by atoms with E-state index in [1.54, 1.807) is 43.5 Å². The summed E-state index contributed by atoms with van der Waals surface area (Å²) in [7, 11) is 1.55. The number of amides is 1. The van der Waals surface area contributed by atoms with Crippen LogP contribution in [0.3, 0.4) is 0 Å². The zero-order valence-electron chi connectivity index (χ0n) is 10.9. The van der Waals surface area contributed by atoms with E-state index in [4.69, 9.17) is 21.1 Å². The Labute approximate surface area is 122 Å². The molecule has 2 aromatic rings. The fraction of sp³-hybridized carbons (Fsp3) is 0.133. The molecule has 0 saturated heterocycles. The molecule has 1 N–H and O–H groups in total. The first-order chi connectivity index (χ1) is 9.70. The number of ether oxygens (including phenoxy) is 2. The van der Waals surface area contributed by atoms with Gasteiger partial charge in [-0.25, -0.2) is 0 Å². The van der Waals surface area contributed by atoms with Crippen LogP contribution >= 0.6 is 11.6 Å². The fourth-order valence-corrected chi connectivity index (χ4v) is 1.83. The van der Waals surface area contributed by atoms with E-state index in [1.165, 1.54) is 0 Å². The van der Waals surface area contributed by atoms with E-state index < -0.39 is 0 Å². The van der Waals surface area contributed by atoms with E-state index in [0.717, 1.165) is 0 Å². The summed E-state index contributed by atoms with van der Waals surface area (Å²) in [6.45, 7) is -0.123. The smallest absolute Gasteiger partial charge is 0.262 e. The summed E-state index contributed by atoms with van der Waals surface area (Å²) < 4.78 is 10.5. The number of methoxy groups -OCH3 is 1. The Morgan fingerprint density at radius 2 is 1.75 bits per heavy atom. The lowest BCUT2D eigenvalue weighted by Gasteiger charge is -2.11. The number of anilines is 1. The first-order valence-corrected chi connectivity index (χ1v) is 6.38. The second-order valence-corrected chi connectivity index (χ2v) is 4.37. The van der Waals surface area contributed by atoms with Crippen molar-refractivity contribution in [3.05, 3.63) is 53.6 Å². The van der Waals surface area contributed by atoms with Gasteiger partial charge in [0.15, 0.2) is 6.61 Å². The number of nitrogens with one attached hydrogen (secondary N) is 1. The highest BCUT2D eigenvalue weighted by atomic mass is 35.5. The van der Waals surface area contributed by atoms with Crippen molar-refractivity contribution in [2.75, 3.05) is 19.0 Å². The summed E-state index contributed by atoms with van der Waals surface area (Å²) in [6, 6.07) is 14.2. The minimum atomic E-state index is -0.283. The Morgan fingerprint density at radius 1 is 1.10 bits per heavy atom. The van der Waals surface area contributed by atoms with Crippen LogP contribution in [0, 0.1) is 0 Å². The molecule has 2 aromatic carbocycles. The monoisotopic (exact) mass is 291 g/mol. The molecule has 5 heteroatoms. The molecule has 20 heavy (non-hydrogen) atoms. The number of hydrogen-bond donors (Lipinski definition) is 1. The van der Waals surface area contributed by atoms with Crippen molar-refractivity contribution in [1.29, 1.82) is 0 Å². The summed E-state index contributed by atoms with van der Waals surface area (Å²) in [4.78, 5) is 11.8. The minimum absolute atomic E-state index is 0.123. The van der Waals surface area contributed by atoms with E-state index >= 15 is 0 Å². The van der Waals surface area contributed by atoms with Gasteiger partial charge in [-0.05, 0) is 24.3 Å². The zero-order chi connectivity index (χ0) is 14.4. The van der Waals surface area contributed by atoms with Crippen molar-refractivity contribution in [3.63, 3.8) is 0 Å². The molecule has 0 aromatic heterocycles. The molecule has 0 saturated carbocycles. The quantitative estimate of drug-likeness (QED) is 0.919. The number of hydrogen-bond acceptors (Lipinski definition) is 3. The molecule has 0 spiro atoms. The first kappa shape index (κ1) is 14.2. The molecule has 0 fully saturated rings. The van der Waals surface area contributed by atoms with E-state index in [-0.39, 0.29) is 12.5 Å². The van der Waals surface area contributed by atoms with Crippen LogP contribution in [0.1, 0.15) is 0 Å². The standard InChI is InChI=1S/C15H14ClNO3/c1-19-14-9-5-3-7-12(14)17-15(18)10-20-13-8-4-2-6-11(13)16/h2-9H,10H2,1H3,(H,17,18). The Kier molecular flexibility index (Phi) is 4.85. The minimum Gasteiger partial charge on any atom is -0.495 e. The van der Waals surface area contributed by atoms with Crippen LogP contribution in [0.5, 0.6) is 11.5 Å². The van der Waals surface area contributed by atoms with Gasteiger partial charge in [-0.15, -0.1) is 0 Å². The van der Waals surface area contributed by atoms with Crippen molar-refractivity contribution in [1.82, 2.24) is 0 Å². The highest BCUT2D eigenvalue weighted by molar-refractivity contribution is 6.32. The van der Waals surface area contributed by atoms with Gasteiger partial charge in [-0.1, -0.05) is 35.9 Å². The highest BCUT2D eigenvalue weighted by Crippen LogP contribution is 2.24. The molecule has 0 unspecified atom stereocenters. The summed E-state index contributed by atoms with van der Waals surface area (Å²) in [5, 5.41) is 3.19. The summed E-state index contributed by atoms with van der Waals surface area (Å²) >= 11 is 5.94. The number of carbonyl (C=O) groups excluding carboxylic acids is 1. The SMILES string of the molecule is COc1ccccc1NC(=O)COc1ccccc1Cl. The summed E-state index contributed by atoms with van der Waals surface area (Å²) in [6.07, 6.45) is 0. The predicted molar refractivity (Wildman–Crippen MR) is 78.6 cm³/mol. The Bertz CT molecular complexity index is 601. The molecule has 2 rings (SSSR count).